The van der Waals surface area contributed by atoms with Crippen LogP contribution in [-0.4, -0.2) is 47.7 Å². The number of hydrogen-bond donors (Lipinski definition) is 2. The van der Waals surface area contributed by atoms with E-state index in [9.17, 15) is 19.5 Å². The number of fused-ring (bicyclic) bond motifs is 1. The molecule has 0 saturated heterocycles. The maximum absolute atomic E-state index is 12.8. The number of anilines is 1. The topological polar surface area (TPSA) is 122 Å². The number of aromatic nitrogens is 1. The van der Waals surface area contributed by atoms with Crippen molar-refractivity contribution < 1.29 is 28.8 Å². The molecule has 31 heavy (non-hydrogen) atoms. The average molecular weight is 421 g/mol. The van der Waals surface area contributed by atoms with Crippen molar-refractivity contribution in [3.63, 3.8) is 0 Å². The number of carbonyl (C=O) groups is 3. The molecule has 2 amide bonds. The lowest BCUT2D eigenvalue weighted by Crippen LogP contribution is -2.49. The summed E-state index contributed by atoms with van der Waals surface area (Å²) < 4.78 is 10.9. The molecule has 1 aliphatic heterocycles. The zero-order valence-electron chi connectivity index (χ0n) is 16.6. The van der Waals surface area contributed by atoms with Crippen molar-refractivity contribution in [1.29, 1.82) is 0 Å². The van der Waals surface area contributed by atoms with Crippen LogP contribution in [0.3, 0.4) is 0 Å². The Kier molecular flexibility index (Phi) is 5.40. The standard InChI is InChI=1S/C22H19N3O6/c1-25-18-10-14(22(28)29)7-8-19(18)30-12-17(21(25)27)23-20(26)16-11-15(31-24-16)9-13-5-3-2-4-6-13/h2-8,10-11,17H,9,12H2,1H3,(H,23,26)(H,28,29). The smallest absolute Gasteiger partial charge is 0.335 e. The van der Waals surface area contributed by atoms with E-state index in [-0.39, 0.29) is 17.9 Å². The number of carbonyl (C=O) groups excluding carboxylic acids is 2. The predicted molar refractivity (Wildman–Crippen MR) is 109 cm³/mol. The number of nitrogens with one attached hydrogen (secondary N) is 1. The molecule has 2 N–H and O–H groups in total. The van der Waals surface area contributed by atoms with Crippen LogP contribution in [0.15, 0.2) is 59.1 Å². The van der Waals surface area contributed by atoms with Gasteiger partial charge in [0, 0.05) is 19.5 Å². The summed E-state index contributed by atoms with van der Waals surface area (Å²) in [5, 5.41) is 15.6. The minimum atomic E-state index is -1.12. The summed E-state index contributed by atoms with van der Waals surface area (Å²) in [5.74, 6) is -1.26. The number of carboxylic acid groups (broad SMARTS) is 1. The Balaban J connectivity index is 1.46. The van der Waals surface area contributed by atoms with E-state index in [1.165, 1.54) is 36.2 Å². The first-order valence-electron chi connectivity index (χ1n) is 9.50. The fraction of sp³-hybridized carbons (Fsp3) is 0.182. The number of benzene rings is 2. The lowest BCUT2D eigenvalue weighted by molar-refractivity contribution is -0.120. The van der Waals surface area contributed by atoms with E-state index in [1.54, 1.807) is 0 Å². The first-order chi connectivity index (χ1) is 14.9. The molecule has 3 aromatic rings. The van der Waals surface area contributed by atoms with E-state index in [4.69, 9.17) is 9.26 Å². The molecule has 1 aliphatic rings. The van der Waals surface area contributed by atoms with Crippen molar-refractivity contribution in [2.45, 2.75) is 12.5 Å². The molecule has 2 aromatic carbocycles. The van der Waals surface area contributed by atoms with E-state index in [1.807, 2.05) is 30.3 Å². The van der Waals surface area contributed by atoms with E-state index < -0.39 is 23.8 Å². The van der Waals surface area contributed by atoms with Gasteiger partial charge >= 0.3 is 5.97 Å². The van der Waals surface area contributed by atoms with Crippen molar-refractivity contribution >= 4 is 23.5 Å². The molecule has 9 heteroatoms. The van der Waals surface area contributed by atoms with Crippen LogP contribution in [0.5, 0.6) is 5.75 Å². The molecular weight excluding hydrogens is 402 g/mol. The number of nitrogens with zero attached hydrogens (tertiary/aromatic N) is 2. The van der Waals surface area contributed by atoms with Crippen molar-refractivity contribution in [3.8, 4) is 5.75 Å². The van der Waals surface area contributed by atoms with Crippen LogP contribution in [0.2, 0.25) is 0 Å². The van der Waals surface area contributed by atoms with Crippen LogP contribution in [0.1, 0.15) is 32.2 Å². The van der Waals surface area contributed by atoms with E-state index in [0.29, 0.717) is 23.6 Å². The van der Waals surface area contributed by atoms with Gasteiger partial charge in [-0.2, -0.15) is 0 Å². The van der Waals surface area contributed by atoms with Gasteiger partial charge in [0.1, 0.15) is 24.2 Å². The molecule has 0 bridgehead atoms. The summed E-state index contributed by atoms with van der Waals surface area (Å²) in [6.45, 7) is -0.108. The van der Waals surface area contributed by atoms with Crippen molar-refractivity contribution in [2.24, 2.45) is 0 Å². The van der Waals surface area contributed by atoms with Crippen molar-refractivity contribution in [1.82, 2.24) is 10.5 Å². The first kappa shape index (κ1) is 20.1. The number of likely N-dealkylation sites (N-methyl/N-ethyl adjacent to an activating group) is 1. The second kappa shape index (κ2) is 8.31. The normalized spacial score (nSPS) is 15.6. The quantitative estimate of drug-likeness (QED) is 0.647. The monoisotopic (exact) mass is 421 g/mol. The maximum Gasteiger partial charge on any atom is 0.335 e. The van der Waals surface area contributed by atoms with E-state index in [0.717, 1.165) is 5.56 Å². The summed E-state index contributed by atoms with van der Waals surface area (Å²) in [6, 6.07) is 14.4. The van der Waals surface area contributed by atoms with Gasteiger partial charge in [-0.15, -0.1) is 0 Å². The summed E-state index contributed by atoms with van der Waals surface area (Å²) in [7, 11) is 1.49. The van der Waals surface area contributed by atoms with Crippen LogP contribution in [0.4, 0.5) is 5.69 Å². The number of amides is 2. The molecular formula is C22H19N3O6. The number of ether oxygens (including phenoxy) is 1. The Labute approximate surface area is 177 Å². The minimum absolute atomic E-state index is 0.0260. The summed E-state index contributed by atoms with van der Waals surface area (Å²) in [5.41, 5.74) is 1.40. The second-order valence-electron chi connectivity index (χ2n) is 7.06. The average Bonchev–Trinajstić information content (AvgIpc) is 3.20. The zero-order valence-corrected chi connectivity index (χ0v) is 16.6. The summed E-state index contributed by atoms with van der Waals surface area (Å²) in [4.78, 5) is 38.0. The molecule has 158 valence electrons. The number of carboxylic acids is 1. The Hall–Kier alpha value is -4.14. The maximum atomic E-state index is 12.8. The number of hydrogen-bond acceptors (Lipinski definition) is 6. The van der Waals surface area contributed by atoms with Crippen LogP contribution >= 0.6 is 0 Å². The van der Waals surface area contributed by atoms with Crippen molar-refractivity contribution in [2.75, 3.05) is 18.6 Å². The molecule has 2 heterocycles. The van der Waals surface area contributed by atoms with Gasteiger partial charge in [-0.3, -0.25) is 9.59 Å². The third-order valence-corrected chi connectivity index (χ3v) is 4.92. The minimum Gasteiger partial charge on any atom is -0.489 e. The van der Waals surface area contributed by atoms with Gasteiger partial charge in [0.05, 0.1) is 11.3 Å². The van der Waals surface area contributed by atoms with Gasteiger partial charge in [-0.1, -0.05) is 35.5 Å². The molecule has 1 atom stereocenters. The zero-order chi connectivity index (χ0) is 22.0. The highest BCUT2D eigenvalue weighted by Gasteiger charge is 2.32. The molecule has 0 fully saturated rings. The second-order valence-corrected chi connectivity index (χ2v) is 7.06. The molecule has 0 radical (unpaired) electrons. The lowest BCUT2D eigenvalue weighted by atomic mass is 10.1. The van der Waals surface area contributed by atoms with E-state index in [2.05, 4.69) is 10.5 Å². The van der Waals surface area contributed by atoms with Crippen LogP contribution in [0, 0.1) is 0 Å². The molecule has 0 aliphatic carbocycles. The van der Waals surface area contributed by atoms with Gasteiger partial charge in [-0.25, -0.2) is 4.79 Å². The SMILES string of the molecule is CN1C(=O)C(NC(=O)c2cc(Cc3ccccc3)on2)COc2ccc(C(=O)O)cc21. The molecule has 0 saturated carbocycles. The van der Waals surface area contributed by atoms with Gasteiger partial charge in [0.15, 0.2) is 5.69 Å². The predicted octanol–water partition coefficient (Wildman–Crippen LogP) is 2.12. The Morgan fingerprint density at radius 1 is 1.19 bits per heavy atom. The molecule has 0 spiro atoms. The highest BCUT2D eigenvalue weighted by Crippen LogP contribution is 2.31. The van der Waals surface area contributed by atoms with Crippen molar-refractivity contribution in [3.05, 3.63) is 77.2 Å². The van der Waals surface area contributed by atoms with Gasteiger partial charge < -0.3 is 24.6 Å². The summed E-state index contributed by atoms with van der Waals surface area (Å²) >= 11 is 0. The molecule has 4 rings (SSSR count). The van der Waals surface area contributed by atoms with Gasteiger partial charge in [0.25, 0.3) is 11.8 Å². The highest BCUT2D eigenvalue weighted by atomic mass is 16.5. The number of aromatic carboxylic acids is 1. The molecule has 1 unspecified atom stereocenters. The molecule has 1 aromatic heterocycles. The molecule has 9 nitrogen and oxygen atoms in total. The Morgan fingerprint density at radius 3 is 2.71 bits per heavy atom. The van der Waals surface area contributed by atoms with Crippen LogP contribution in [0.25, 0.3) is 0 Å². The van der Waals surface area contributed by atoms with E-state index >= 15 is 0 Å². The van der Waals surface area contributed by atoms with Gasteiger partial charge in [0.2, 0.25) is 0 Å². The fourth-order valence-electron chi connectivity index (χ4n) is 3.27. The fourth-order valence-corrected chi connectivity index (χ4v) is 3.27. The largest absolute Gasteiger partial charge is 0.489 e. The lowest BCUT2D eigenvalue weighted by Gasteiger charge is -2.20. The third-order valence-electron chi connectivity index (χ3n) is 4.92. The Morgan fingerprint density at radius 2 is 1.97 bits per heavy atom. The number of rotatable bonds is 5. The third kappa shape index (κ3) is 4.25. The van der Waals surface area contributed by atoms with Crippen LogP contribution < -0.4 is 15.0 Å². The van der Waals surface area contributed by atoms with Gasteiger partial charge in [-0.05, 0) is 23.8 Å². The highest BCUT2D eigenvalue weighted by molar-refractivity contribution is 6.03. The Bertz CT molecular complexity index is 1140. The summed E-state index contributed by atoms with van der Waals surface area (Å²) in [6.07, 6.45) is 0.483. The van der Waals surface area contributed by atoms with Crippen LogP contribution in [-0.2, 0) is 11.2 Å². The first-order valence-corrected chi connectivity index (χ1v) is 9.50.